The normalized spacial score (nSPS) is 15.7. The molecule has 3 aromatic heterocycles. The molecule has 1 saturated heterocycles. The van der Waals surface area contributed by atoms with Gasteiger partial charge in [-0.3, -0.25) is 9.88 Å². The molecular formula is C20H18FN5S. The van der Waals surface area contributed by atoms with Crippen LogP contribution in [0.4, 0.5) is 10.2 Å². The van der Waals surface area contributed by atoms with E-state index in [1.54, 1.807) is 36.0 Å². The van der Waals surface area contributed by atoms with E-state index in [-0.39, 0.29) is 5.82 Å². The van der Waals surface area contributed by atoms with Crippen molar-refractivity contribution in [3.8, 4) is 0 Å². The Balaban J connectivity index is 1.34. The van der Waals surface area contributed by atoms with Gasteiger partial charge in [-0.05, 0) is 35.2 Å². The molecule has 0 amide bonds. The summed E-state index contributed by atoms with van der Waals surface area (Å²) in [5.74, 6) is 0.809. The van der Waals surface area contributed by atoms with Crippen molar-refractivity contribution in [3.05, 3.63) is 59.6 Å². The molecule has 0 bridgehead atoms. The van der Waals surface area contributed by atoms with Crippen molar-refractivity contribution in [1.82, 2.24) is 19.9 Å². The van der Waals surface area contributed by atoms with Crippen LogP contribution in [0.25, 0.3) is 21.1 Å². The first-order valence-electron chi connectivity index (χ1n) is 8.96. The number of hydrogen-bond donors (Lipinski definition) is 0. The van der Waals surface area contributed by atoms with Gasteiger partial charge >= 0.3 is 0 Å². The molecule has 27 heavy (non-hydrogen) atoms. The van der Waals surface area contributed by atoms with Crippen molar-refractivity contribution >= 4 is 38.3 Å². The van der Waals surface area contributed by atoms with Crippen molar-refractivity contribution in [1.29, 1.82) is 0 Å². The van der Waals surface area contributed by atoms with Crippen LogP contribution in [-0.4, -0.2) is 46.0 Å². The molecule has 4 heterocycles. The number of hydrogen-bond acceptors (Lipinski definition) is 6. The number of pyridine rings is 1. The quantitative estimate of drug-likeness (QED) is 0.543. The van der Waals surface area contributed by atoms with E-state index in [1.807, 2.05) is 12.1 Å². The molecule has 1 fully saturated rings. The number of aromatic nitrogens is 3. The van der Waals surface area contributed by atoms with Gasteiger partial charge in [-0.25, -0.2) is 14.4 Å². The van der Waals surface area contributed by atoms with E-state index < -0.39 is 0 Å². The van der Waals surface area contributed by atoms with E-state index in [0.29, 0.717) is 6.54 Å². The molecule has 5 nitrogen and oxygen atoms in total. The van der Waals surface area contributed by atoms with Gasteiger partial charge in [0.2, 0.25) is 0 Å². The van der Waals surface area contributed by atoms with Crippen molar-refractivity contribution < 1.29 is 4.39 Å². The Hall–Kier alpha value is -2.64. The lowest BCUT2D eigenvalue weighted by Crippen LogP contribution is -2.46. The summed E-state index contributed by atoms with van der Waals surface area (Å²) in [5, 5.41) is 4.03. The first-order valence-corrected chi connectivity index (χ1v) is 9.84. The van der Waals surface area contributed by atoms with Gasteiger partial charge in [0.25, 0.3) is 0 Å². The molecule has 0 atom stereocenters. The topological polar surface area (TPSA) is 45.2 Å². The van der Waals surface area contributed by atoms with E-state index in [9.17, 15) is 4.39 Å². The smallest absolute Gasteiger partial charge is 0.140 e. The van der Waals surface area contributed by atoms with Gasteiger partial charge < -0.3 is 4.90 Å². The molecule has 5 rings (SSSR count). The van der Waals surface area contributed by atoms with Crippen LogP contribution in [0.1, 0.15) is 5.56 Å². The number of rotatable bonds is 3. The Morgan fingerprint density at radius 2 is 1.93 bits per heavy atom. The summed E-state index contributed by atoms with van der Waals surface area (Å²) in [6, 6.07) is 9.00. The average molecular weight is 379 g/mol. The van der Waals surface area contributed by atoms with E-state index >= 15 is 0 Å². The Morgan fingerprint density at radius 1 is 1.04 bits per heavy atom. The second-order valence-corrected chi connectivity index (χ2v) is 7.63. The molecule has 0 radical (unpaired) electrons. The van der Waals surface area contributed by atoms with Gasteiger partial charge in [0.1, 0.15) is 22.8 Å². The van der Waals surface area contributed by atoms with Gasteiger partial charge in [0, 0.05) is 44.3 Å². The fraction of sp³-hybridized carbons (Fsp3) is 0.250. The molecule has 4 aromatic rings. The summed E-state index contributed by atoms with van der Waals surface area (Å²) >= 11 is 1.64. The van der Waals surface area contributed by atoms with Crippen molar-refractivity contribution in [3.63, 3.8) is 0 Å². The SMILES string of the molecule is Fc1cc(CN2CCN(c3ncnc4sccc34)CC2)c2ncccc2c1. The summed E-state index contributed by atoms with van der Waals surface area (Å²) in [6.45, 7) is 4.29. The van der Waals surface area contributed by atoms with Crippen LogP contribution < -0.4 is 4.90 Å². The minimum atomic E-state index is -0.204. The average Bonchev–Trinajstić information content (AvgIpc) is 3.17. The van der Waals surface area contributed by atoms with Crippen LogP contribution in [0.3, 0.4) is 0 Å². The van der Waals surface area contributed by atoms with Crippen molar-refractivity contribution in [2.45, 2.75) is 6.54 Å². The zero-order valence-corrected chi connectivity index (χ0v) is 15.5. The molecule has 1 aliphatic rings. The molecule has 0 spiro atoms. The zero-order chi connectivity index (χ0) is 18.2. The predicted octanol–water partition coefficient (Wildman–Crippen LogP) is 3.70. The summed E-state index contributed by atoms with van der Waals surface area (Å²) in [7, 11) is 0. The maximum atomic E-state index is 14.0. The minimum Gasteiger partial charge on any atom is -0.353 e. The number of nitrogens with zero attached hydrogens (tertiary/aromatic N) is 5. The number of thiophene rings is 1. The fourth-order valence-corrected chi connectivity index (χ4v) is 4.46. The maximum Gasteiger partial charge on any atom is 0.140 e. The Bertz CT molecular complexity index is 1100. The molecule has 7 heteroatoms. The zero-order valence-electron chi connectivity index (χ0n) is 14.7. The molecule has 0 saturated carbocycles. The van der Waals surface area contributed by atoms with E-state index in [2.05, 4.69) is 36.2 Å². The second kappa shape index (κ2) is 6.83. The molecule has 0 aliphatic carbocycles. The van der Waals surface area contributed by atoms with Crippen LogP contribution in [0.2, 0.25) is 0 Å². The van der Waals surface area contributed by atoms with Crippen LogP contribution in [0.5, 0.6) is 0 Å². The number of halogens is 1. The largest absolute Gasteiger partial charge is 0.353 e. The monoisotopic (exact) mass is 379 g/mol. The van der Waals surface area contributed by atoms with Gasteiger partial charge in [-0.15, -0.1) is 11.3 Å². The fourth-order valence-electron chi connectivity index (χ4n) is 3.74. The number of fused-ring (bicyclic) bond motifs is 2. The Labute approximate surface area is 160 Å². The first kappa shape index (κ1) is 16.5. The Morgan fingerprint density at radius 3 is 2.81 bits per heavy atom. The summed E-state index contributed by atoms with van der Waals surface area (Å²) in [6.07, 6.45) is 3.41. The lowest BCUT2D eigenvalue weighted by atomic mass is 10.1. The molecule has 0 unspecified atom stereocenters. The Kier molecular flexibility index (Phi) is 4.18. The van der Waals surface area contributed by atoms with Gasteiger partial charge in [0.05, 0.1) is 10.9 Å². The third-order valence-corrected chi connectivity index (χ3v) is 5.88. The van der Waals surface area contributed by atoms with E-state index in [1.165, 1.54) is 0 Å². The highest BCUT2D eigenvalue weighted by Gasteiger charge is 2.21. The highest BCUT2D eigenvalue weighted by atomic mass is 32.1. The molecule has 0 N–H and O–H groups in total. The summed E-state index contributed by atoms with van der Waals surface area (Å²) < 4.78 is 14.0. The second-order valence-electron chi connectivity index (χ2n) is 6.74. The highest BCUT2D eigenvalue weighted by molar-refractivity contribution is 7.16. The summed E-state index contributed by atoms with van der Waals surface area (Å²) in [5.41, 5.74) is 1.83. The van der Waals surface area contributed by atoms with Crippen molar-refractivity contribution in [2.75, 3.05) is 31.1 Å². The third-order valence-electron chi connectivity index (χ3n) is 5.06. The van der Waals surface area contributed by atoms with Crippen LogP contribution in [0, 0.1) is 5.82 Å². The maximum absolute atomic E-state index is 14.0. The molecule has 1 aromatic carbocycles. The van der Waals surface area contributed by atoms with Crippen LogP contribution in [0.15, 0.2) is 48.2 Å². The molecule has 136 valence electrons. The number of anilines is 1. The van der Waals surface area contributed by atoms with Gasteiger partial charge in [0.15, 0.2) is 0 Å². The summed E-state index contributed by atoms with van der Waals surface area (Å²) in [4.78, 5) is 19.0. The predicted molar refractivity (Wildman–Crippen MR) is 107 cm³/mol. The van der Waals surface area contributed by atoms with Crippen LogP contribution in [-0.2, 0) is 6.54 Å². The lowest BCUT2D eigenvalue weighted by molar-refractivity contribution is 0.250. The minimum absolute atomic E-state index is 0.204. The van der Waals surface area contributed by atoms with Gasteiger partial charge in [-0.1, -0.05) is 6.07 Å². The van der Waals surface area contributed by atoms with E-state index in [0.717, 1.165) is 58.7 Å². The number of piperazine rings is 1. The van der Waals surface area contributed by atoms with E-state index in [4.69, 9.17) is 0 Å². The van der Waals surface area contributed by atoms with Gasteiger partial charge in [-0.2, -0.15) is 0 Å². The standard InChI is InChI=1S/C20H18FN5S/c21-16-10-14-2-1-4-22-18(14)15(11-16)12-25-5-7-26(8-6-25)19-17-3-9-27-20(17)24-13-23-19/h1-4,9-11,13H,5-8,12H2. The third kappa shape index (κ3) is 3.13. The number of benzene rings is 1. The first-order chi connectivity index (χ1) is 13.3. The highest BCUT2D eigenvalue weighted by Crippen LogP contribution is 2.28. The van der Waals surface area contributed by atoms with Crippen LogP contribution >= 0.6 is 11.3 Å². The van der Waals surface area contributed by atoms with Crippen molar-refractivity contribution in [2.24, 2.45) is 0 Å². The lowest BCUT2D eigenvalue weighted by Gasteiger charge is -2.35. The molecular weight excluding hydrogens is 361 g/mol. The molecule has 1 aliphatic heterocycles.